The zero-order valence-corrected chi connectivity index (χ0v) is 7.60. The Bertz CT molecular complexity index is 148. The van der Waals surface area contributed by atoms with Crippen LogP contribution >= 0.6 is 11.8 Å². The molecule has 0 aliphatic carbocycles. The molecule has 4 nitrogen and oxygen atoms in total. The molecular formula is C7H13NO3S. The smallest absolute Gasteiger partial charge is 0.253 e. The Morgan fingerprint density at radius 1 is 1.67 bits per heavy atom. The number of hydroxylamine groups is 1. The summed E-state index contributed by atoms with van der Waals surface area (Å²) in [5.74, 6) is -0.101. The molecule has 0 radical (unpaired) electrons. The van der Waals surface area contributed by atoms with Crippen molar-refractivity contribution in [3.8, 4) is 0 Å². The van der Waals surface area contributed by atoms with Crippen molar-refractivity contribution in [1.29, 1.82) is 0 Å². The molecule has 1 rings (SSSR count). The SMILES string of the molecule is O=C(CSC1CCCCO1)NO. The first kappa shape index (κ1) is 9.83. The molecule has 1 aliphatic heterocycles. The van der Waals surface area contributed by atoms with E-state index in [4.69, 9.17) is 9.94 Å². The molecule has 1 heterocycles. The summed E-state index contributed by atoms with van der Waals surface area (Å²) in [5, 5.41) is 8.21. The summed E-state index contributed by atoms with van der Waals surface area (Å²) < 4.78 is 5.37. The van der Waals surface area contributed by atoms with Crippen LogP contribution in [0.15, 0.2) is 0 Å². The molecule has 1 amide bonds. The number of nitrogens with one attached hydrogen (secondary N) is 1. The molecule has 1 atom stereocenters. The van der Waals surface area contributed by atoms with Crippen LogP contribution < -0.4 is 5.48 Å². The molecule has 12 heavy (non-hydrogen) atoms. The molecule has 0 spiro atoms. The predicted octanol–water partition coefficient (Wildman–Crippen LogP) is 0.752. The first-order valence-electron chi connectivity index (χ1n) is 3.99. The average Bonchev–Trinajstić information content (AvgIpc) is 2.16. The lowest BCUT2D eigenvalue weighted by Gasteiger charge is -2.21. The van der Waals surface area contributed by atoms with Crippen LogP contribution in [0.2, 0.25) is 0 Å². The fourth-order valence-electron chi connectivity index (χ4n) is 1.04. The lowest BCUT2D eigenvalue weighted by Crippen LogP contribution is -2.24. The minimum Gasteiger partial charge on any atom is -0.368 e. The number of hydrogen-bond donors (Lipinski definition) is 2. The third-order valence-corrected chi connectivity index (χ3v) is 2.84. The van der Waals surface area contributed by atoms with E-state index >= 15 is 0 Å². The van der Waals surface area contributed by atoms with Gasteiger partial charge in [-0.25, -0.2) is 5.48 Å². The van der Waals surface area contributed by atoms with Crippen molar-refractivity contribution in [3.63, 3.8) is 0 Å². The molecule has 70 valence electrons. The van der Waals surface area contributed by atoms with Gasteiger partial charge in [0.1, 0.15) is 5.44 Å². The van der Waals surface area contributed by atoms with Gasteiger partial charge < -0.3 is 4.74 Å². The highest BCUT2D eigenvalue weighted by atomic mass is 32.2. The van der Waals surface area contributed by atoms with Gasteiger partial charge in [0.2, 0.25) is 0 Å². The normalized spacial score (nSPS) is 23.6. The van der Waals surface area contributed by atoms with Crippen LogP contribution in [0.5, 0.6) is 0 Å². The van der Waals surface area contributed by atoms with E-state index in [0.717, 1.165) is 19.4 Å². The zero-order valence-electron chi connectivity index (χ0n) is 6.78. The molecule has 1 aliphatic rings. The molecular weight excluding hydrogens is 178 g/mol. The number of ether oxygens (including phenoxy) is 1. The minimum absolute atomic E-state index is 0.135. The number of hydrogen-bond acceptors (Lipinski definition) is 4. The molecule has 1 saturated heterocycles. The van der Waals surface area contributed by atoms with Crippen molar-refractivity contribution < 1.29 is 14.7 Å². The Kier molecular flexibility index (Phi) is 4.42. The van der Waals surface area contributed by atoms with Crippen LogP contribution in [-0.2, 0) is 9.53 Å². The van der Waals surface area contributed by atoms with E-state index in [1.807, 2.05) is 0 Å². The van der Waals surface area contributed by atoms with E-state index in [1.165, 1.54) is 18.2 Å². The fourth-order valence-corrected chi connectivity index (χ4v) is 1.97. The number of amides is 1. The van der Waals surface area contributed by atoms with Gasteiger partial charge in [-0.05, 0) is 19.3 Å². The Morgan fingerprint density at radius 2 is 2.50 bits per heavy atom. The van der Waals surface area contributed by atoms with E-state index in [9.17, 15) is 4.79 Å². The highest BCUT2D eigenvalue weighted by molar-refractivity contribution is 8.00. The highest BCUT2D eigenvalue weighted by Crippen LogP contribution is 2.22. The van der Waals surface area contributed by atoms with Gasteiger partial charge in [0, 0.05) is 6.61 Å². The van der Waals surface area contributed by atoms with E-state index < -0.39 is 0 Å². The third-order valence-electron chi connectivity index (χ3n) is 1.66. The van der Waals surface area contributed by atoms with Crippen LogP contribution in [0.3, 0.4) is 0 Å². The summed E-state index contributed by atoms with van der Waals surface area (Å²) in [6.07, 6.45) is 3.28. The van der Waals surface area contributed by atoms with Gasteiger partial charge in [0.25, 0.3) is 5.91 Å². The minimum atomic E-state index is -0.367. The lowest BCUT2D eigenvalue weighted by atomic mass is 10.2. The van der Waals surface area contributed by atoms with E-state index in [-0.39, 0.29) is 17.1 Å². The molecule has 0 saturated carbocycles. The Hall–Kier alpha value is -0.260. The zero-order chi connectivity index (χ0) is 8.81. The first-order chi connectivity index (χ1) is 5.83. The quantitative estimate of drug-likeness (QED) is 0.510. The average molecular weight is 191 g/mol. The van der Waals surface area contributed by atoms with Crippen molar-refractivity contribution in [3.05, 3.63) is 0 Å². The fraction of sp³-hybridized carbons (Fsp3) is 0.857. The van der Waals surface area contributed by atoms with Gasteiger partial charge >= 0.3 is 0 Å². The molecule has 0 bridgehead atoms. The summed E-state index contributed by atoms with van der Waals surface area (Å²) in [6.45, 7) is 0.790. The molecule has 1 unspecified atom stereocenters. The summed E-state index contributed by atoms with van der Waals surface area (Å²) in [7, 11) is 0. The molecule has 0 aromatic rings. The largest absolute Gasteiger partial charge is 0.368 e. The maximum atomic E-state index is 10.6. The van der Waals surface area contributed by atoms with Crippen LogP contribution in [0.4, 0.5) is 0 Å². The first-order valence-corrected chi connectivity index (χ1v) is 5.04. The maximum absolute atomic E-state index is 10.6. The molecule has 2 N–H and O–H groups in total. The predicted molar refractivity (Wildman–Crippen MR) is 46.0 cm³/mol. The van der Waals surface area contributed by atoms with Crippen LogP contribution in [0.25, 0.3) is 0 Å². The third kappa shape index (κ3) is 3.42. The van der Waals surface area contributed by atoms with Gasteiger partial charge in [0.15, 0.2) is 0 Å². The van der Waals surface area contributed by atoms with Crippen molar-refractivity contribution >= 4 is 17.7 Å². The standard InChI is InChI=1S/C7H13NO3S/c9-6(8-10)5-12-7-3-1-2-4-11-7/h7,10H,1-5H2,(H,8,9). The lowest BCUT2D eigenvalue weighted by molar-refractivity contribution is -0.126. The van der Waals surface area contributed by atoms with E-state index in [2.05, 4.69) is 0 Å². The second kappa shape index (κ2) is 5.40. The Balaban J connectivity index is 2.09. The Morgan fingerprint density at radius 3 is 3.08 bits per heavy atom. The van der Waals surface area contributed by atoms with Crippen molar-refractivity contribution in [1.82, 2.24) is 5.48 Å². The molecule has 1 fully saturated rings. The second-order valence-corrected chi connectivity index (χ2v) is 3.79. The van der Waals surface area contributed by atoms with Gasteiger partial charge in [-0.2, -0.15) is 0 Å². The van der Waals surface area contributed by atoms with Crippen molar-refractivity contribution in [2.45, 2.75) is 24.7 Å². The van der Waals surface area contributed by atoms with Gasteiger partial charge in [-0.15, -0.1) is 11.8 Å². The summed E-state index contributed by atoms with van der Waals surface area (Å²) >= 11 is 1.44. The summed E-state index contributed by atoms with van der Waals surface area (Å²) in [6, 6.07) is 0. The number of carbonyl (C=O) groups is 1. The van der Waals surface area contributed by atoms with E-state index in [1.54, 1.807) is 5.48 Å². The maximum Gasteiger partial charge on any atom is 0.253 e. The van der Waals surface area contributed by atoms with Crippen LogP contribution in [-0.4, -0.2) is 28.9 Å². The number of carbonyl (C=O) groups excluding carboxylic acids is 1. The molecule has 5 heteroatoms. The topological polar surface area (TPSA) is 58.6 Å². The Labute approximate surface area is 75.6 Å². The van der Waals surface area contributed by atoms with Crippen molar-refractivity contribution in [2.75, 3.05) is 12.4 Å². The van der Waals surface area contributed by atoms with Gasteiger partial charge in [-0.1, -0.05) is 0 Å². The molecule has 0 aromatic heterocycles. The monoisotopic (exact) mass is 191 g/mol. The van der Waals surface area contributed by atoms with Crippen molar-refractivity contribution in [2.24, 2.45) is 0 Å². The molecule has 0 aromatic carbocycles. The second-order valence-electron chi connectivity index (χ2n) is 2.64. The summed E-state index contributed by atoms with van der Waals surface area (Å²) in [4.78, 5) is 10.6. The van der Waals surface area contributed by atoms with Gasteiger partial charge in [0.05, 0.1) is 5.75 Å². The van der Waals surface area contributed by atoms with Gasteiger partial charge in [-0.3, -0.25) is 10.0 Å². The number of rotatable bonds is 3. The number of thioether (sulfide) groups is 1. The van der Waals surface area contributed by atoms with E-state index in [0.29, 0.717) is 0 Å². The van der Waals surface area contributed by atoms with Crippen LogP contribution in [0, 0.1) is 0 Å². The highest BCUT2D eigenvalue weighted by Gasteiger charge is 2.15. The van der Waals surface area contributed by atoms with Crippen LogP contribution in [0.1, 0.15) is 19.3 Å². The summed E-state index contributed by atoms with van der Waals surface area (Å²) in [5.41, 5.74) is 1.72.